The number of hydrogen-bond donors (Lipinski definition) is 1. The fraction of sp³-hybridized carbons (Fsp3) is 0.438. The summed E-state index contributed by atoms with van der Waals surface area (Å²) in [4.78, 5) is 3.99. The number of alkyl halides is 2. The van der Waals surface area contributed by atoms with Gasteiger partial charge in [-0.25, -0.2) is 10.8 Å². The van der Waals surface area contributed by atoms with Gasteiger partial charge in [-0.2, -0.15) is 8.78 Å². The molecule has 0 radical (unpaired) electrons. The first-order valence-corrected chi connectivity index (χ1v) is 7.19. The normalized spacial score (nSPS) is 13.7. The molecular weight excluding hydrogens is 304 g/mol. The number of nitrogens with zero attached hydrogens (tertiary/aromatic N) is 2. The minimum absolute atomic E-state index is 0.216. The first kappa shape index (κ1) is 19.1. The Morgan fingerprint density at radius 3 is 2.70 bits per heavy atom. The average Bonchev–Trinajstić information content (AvgIpc) is 2.44. The average molecular weight is 327 g/mol. The van der Waals surface area contributed by atoms with E-state index in [4.69, 9.17) is 10.6 Å². The third-order valence-electron chi connectivity index (χ3n) is 3.05. The molecule has 128 valence electrons. The van der Waals surface area contributed by atoms with Crippen LogP contribution in [0.2, 0.25) is 0 Å². The van der Waals surface area contributed by atoms with Crippen LogP contribution in [-0.2, 0) is 16.1 Å². The molecule has 0 saturated heterocycles. The van der Waals surface area contributed by atoms with Gasteiger partial charge in [-0.05, 0) is 38.5 Å². The van der Waals surface area contributed by atoms with Gasteiger partial charge in [-0.1, -0.05) is 18.2 Å². The molecule has 0 heterocycles. The van der Waals surface area contributed by atoms with Gasteiger partial charge in [-0.3, -0.25) is 4.74 Å². The third-order valence-corrected chi connectivity index (χ3v) is 3.05. The molecule has 0 aliphatic carbocycles. The number of anilines is 1. The molecule has 0 saturated carbocycles. The maximum absolute atomic E-state index is 12.2. The number of rotatable bonds is 7. The van der Waals surface area contributed by atoms with E-state index in [1.165, 1.54) is 11.9 Å². The Labute approximate surface area is 135 Å². The standard InChI is InChI=1S/C16H23F2N3O2/c1-5-7-15(20-12(3)23-16(17)18)22-10-13-11(2)8-6-9-14(13)21(4)19/h5-9,12,16H,10,19H2,1-4H3/b7-5-,20-15+. The Morgan fingerprint density at radius 1 is 1.43 bits per heavy atom. The van der Waals surface area contributed by atoms with E-state index in [1.807, 2.05) is 25.1 Å². The van der Waals surface area contributed by atoms with Crippen molar-refractivity contribution in [2.45, 2.75) is 40.2 Å². The number of halogens is 2. The molecule has 1 aromatic rings. The monoisotopic (exact) mass is 327 g/mol. The van der Waals surface area contributed by atoms with Gasteiger partial charge < -0.3 is 9.75 Å². The minimum Gasteiger partial charge on any atom is -0.473 e. The number of allylic oxidation sites excluding steroid dienone is 1. The van der Waals surface area contributed by atoms with E-state index >= 15 is 0 Å². The van der Waals surface area contributed by atoms with Crippen LogP contribution in [0.5, 0.6) is 0 Å². The van der Waals surface area contributed by atoms with Crippen molar-refractivity contribution in [3.05, 3.63) is 41.5 Å². The maximum Gasteiger partial charge on any atom is 0.347 e. The van der Waals surface area contributed by atoms with E-state index in [0.29, 0.717) is 0 Å². The van der Waals surface area contributed by atoms with Crippen molar-refractivity contribution in [2.24, 2.45) is 10.8 Å². The van der Waals surface area contributed by atoms with Crippen LogP contribution in [0.15, 0.2) is 35.3 Å². The van der Waals surface area contributed by atoms with Crippen molar-refractivity contribution in [2.75, 3.05) is 12.1 Å². The summed E-state index contributed by atoms with van der Waals surface area (Å²) in [6, 6.07) is 5.72. The lowest BCUT2D eigenvalue weighted by Crippen LogP contribution is -2.26. The highest BCUT2D eigenvalue weighted by molar-refractivity contribution is 5.87. The second-order valence-corrected chi connectivity index (χ2v) is 4.94. The molecule has 1 aromatic carbocycles. The molecule has 1 rings (SSSR count). The number of aryl methyl sites for hydroxylation is 1. The molecule has 0 amide bonds. The van der Waals surface area contributed by atoms with Crippen LogP contribution in [0.3, 0.4) is 0 Å². The van der Waals surface area contributed by atoms with Crippen molar-refractivity contribution >= 4 is 11.6 Å². The fourth-order valence-electron chi connectivity index (χ4n) is 1.98. The third kappa shape index (κ3) is 6.33. The predicted octanol–water partition coefficient (Wildman–Crippen LogP) is 3.38. The minimum atomic E-state index is -2.88. The van der Waals surface area contributed by atoms with Gasteiger partial charge in [0.25, 0.3) is 0 Å². The molecule has 1 unspecified atom stereocenters. The number of aliphatic imine (C=N–C) groups is 1. The van der Waals surface area contributed by atoms with E-state index in [0.717, 1.165) is 16.8 Å². The quantitative estimate of drug-likeness (QED) is 0.361. The molecule has 7 heteroatoms. The largest absolute Gasteiger partial charge is 0.473 e. The molecule has 0 aromatic heterocycles. The van der Waals surface area contributed by atoms with Crippen LogP contribution in [-0.4, -0.2) is 25.8 Å². The summed E-state index contributed by atoms with van der Waals surface area (Å²) >= 11 is 0. The van der Waals surface area contributed by atoms with Gasteiger partial charge >= 0.3 is 6.61 Å². The second kappa shape index (κ2) is 9.22. The molecule has 1 atom stereocenters. The zero-order valence-electron chi connectivity index (χ0n) is 13.8. The lowest BCUT2D eigenvalue weighted by atomic mass is 10.1. The van der Waals surface area contributed by atoms with Crippen molar-refractivity contribution in [1.29, 1.82) is 0 Å². The highest BCUT2D eigenvalue weighted by Crippen LogP contribution is 2.22. The fourth-order valence-corrected chi connectivity index (χ4v) is 1.98. The van der Waals surface area contributed by atoms with Gasteiger partial charge in [0.05, 0.1) is 5.69 Å². The second-order valence-electron chi connectivity index (χ2n) is 4.94. The van der Waals surface area contributed by atoms with Crippen LogP contribution in [0.4, 0.5) is 14.5 Å². The summed E-state index contributed by atoms with van der Waals surface area (Å²) in [5.74, 6) is 6.03. The maximum atomic E-state index is 12.2. The van der Waals surface area contributed by atoms with Crippen molar-refractivity contribution in [1.82, 2.24) is 0 Å². The van der Waals surface area contributed by atoms with Gasteiger partial charge in [-0.15, -0.1) is 0 Å². The Balaban J connectivity index is 2.90. The Bertz CT molecular complexity index is 560. The predicted molar refractivity (Wildman–Crippen MR) is 87.4 cm³/mol. The van der Waals surface area contributed by atoms with Crippen molar-refractivity contribution in [3.63, 3.8) is 0 Å². The van der Waals surface area contributed by atoms with E-state index in [-0.39, 0.29) is 12.5 Å². The Hall–Kier alpha value is -1.99. The van der Waals surface area contributed by atoms with E-state index in [2.05, 4.69) is 9.73 Å². The summed E-state index contributed by atoms with van der Waals surface area (Å²) in [5, 5.41) is 1.50. The number of ether oxygens (including phenoxy) is 2. The number of benzene rings is 1. The van der Waals surface area contributed by atoms with Crippen molar-refractivity contribution in [3.8, 4) is 0 Å². The number of hydrogen-bond acceptors (Lipinski definition) is 5. The molecule has 5 nitrogen and oxygen atoms in total. The SMILES string of the molecule is C/C=C\C(=N/C(C)OC(F)F)OCc1c(C)cccc1N(C)N. The zero-order valence-corrected chi connectivity index (χ0v) is 13.8. The van der Waals surface area contributed by atoms with Crippen LogP contribution in [0.1, 0.15) is 25.0 Å². The summed E-state index contributed by atoms with van der Waals surface area (Å²) < 4.78 is 34.3. The molecule has 0 fully saturated rings. The smallest absolute Gasteiger partial charge is 0.347 e. The number of nitrogens with two attached hydrogens (primary N) is 1. The van der Waals surface area contributed by atoms with E-state index in [9.17, 15) is 8.78 Å². The van der Waals surface area contributed by atoms with Gasteiger partial charge in [0, 0.05) is 12.6 Å². The van der Waals surface area contributed by atoms with Crippen LogP contribution in [0, 0.1) is 6.92 Å². The molecule has 0 aliphatic heterocycles. The first-order valence-electron chi connectivity index (χ1n) is 7.19. The topological polar surface area (TPSA) is 60.1 Å². The molecular formula is C16H23F2N3O2. The first-order chi connectivity index (χ1) is 10.8. The Morgan fingerprint density at radius 2 is 2.13 bits per heavy atom. The molecule has 0 bridgehead atoms. The van der Waals surface area contributed by atoms with Crippen LogP contribution < -0.4 is 10.9 Å². The van der Waals surface area contributed by atoms with Crippen LogP contribution >= 0.6 is 0 Å². The van der Waals surface area contributed by atoms with E-state index in [1.54, 1.807) is 26.1 Å². The number of hydrazine groups is 1. The lowest BCUT2D eigenvalue weighted by Gasteiger charge is -2.19. The molecule has 0 aliphatic rings. The van der Waals surface area contributed by atoms with Crippen LogP contribution in [0.25, 0.3) is 0 Å². The van der Waals surface area contributed by atoms with E-state index < -0.39 is 12.8 Å². The lowest BCUT2D eigenvalue weighted by molar-refractivity contribution is -0.155. The molecule has 0 spiro atoms. The summed E-state index contributed by atoms with van der Waals surface area (Å²) in [7, 11) is 1.73. The molecule has 2 N–H and O–H groups in total. The highest BCUT2D eigenvalue weighted by Gasteiger charge is 2.12. The van der Waals surface area contributed by atoms with Gasteiger partial charge in [0.1, 0.15) is 6.61 Å². The highest BCUT2D eigenvalue weighted by atomic mass is 19.3. The molecule has 23 heavy (non-hydrogen) atoms. The Kier molecular flexibility index (Phi) is 7.64. The zero-order chi connectivity index (χ0) is 17.4. The van der Waals surface area contributed by atoms with Crippen molar-refractivity contribution < 1.29 is 18.3 Å². The van der Waals surface area contributed by atoms with Gasteiger partial charge in [0.2, 0.25) is 5.90 Å². The van der Waals surface area contributed by atoms with Gasteiger partial charge in [0.15, 0.2) is 6.23 Å². The summed E-state index contributed by atoms with van der Waals surface area (Å²) in [5.41, 5.74) is 2.73. The summed E-state index contributed by atoms with van der Waals surface area (Å²) in [6.07, 6.45) is 2.30. The summed E-state index contributed by atoms with van der Waals surface area (Å²) in [6.45, 7) is 2.49.